The van der Waals surface area contributed by atoms with Gasteiger partial charge in [0.05, 0.1) is 19.7 Å². The Kier molecular flexibility index (Phi) is 7.79. The molecule has 1 aromatic heterocycles. The summed E-state index contributed by atoms with van der Waals surface area (Å²) in [6, 6.07) is -0.0457. The van der Waals surface area contributed by atoms with Gasteiger partial charge in [-0.2, -0.15) is 0 Å². The van der Waals surface area contributed by atoms with Crippen molar-refractivity contribution in [3.05, 3.63) is 26.4 Å². The van der Waals surface area contributed by atoms with Crippen LogP contribution in [0.25, 0.3) is 0 Å². The van der Waals surface area contributed by atoms with Crippen molar-refractivity contribution < 1.29 is 19.1 Å². The van der Waals surface area contributed by atoms with E-state index in [1.165, 1.54) is 7.11 Å². The van der Waals surface area contributed by atoms with E-state index in [-0.39, 0.29) is 37.1 Å². The second kappa shape index (κ2) is 9.90. The van der Waals surface area contributed by atoms with Crippen LogP contribution in [0.3, 0.4) is 0 Å². The maximum atomic E-state index is 12.7. The largest absolute Gasteiger partial charge is 0.444 e. The lowest BCUT2D eigenvalue weighted by atomic mass is 10.0. The van der Waals surface area contributed by atoms with E-state index in [4.69, 9.17) is 15.2 Å². The van der Waals surface area contributed by atoms with Crippen molar-refractivity contribution in [3.8, 4) is 0 Å². The van der Waals surface area contributed by atoms with Crippen LogP contribution in [0.5, 0.6) is 0 Å². The Labute approximate surface area is 174 Å². The molecule has 1 aromatic rings. The van der Waals surface area contributed by atoms with Crippen LogP contribution in [-0.4, -0.2) is 71.3 Å². The summed E-state index contributed by atoms with van der Waals surface area (Å²) in [5, 5.41) is 2.83. The zero-order chi connectivity index (χ0) is 22.5. The molecule has 0 aliphatic carbocycles. The molecule has 0 spiro atoms. The summed E-state index contributed by atoms with van der Waals surface area (Å²) in [7, 11) is 1.47. The van der Waals surface area contributed by atoms with E-state index >= 15 is 0 Å². The number of aromatic amines is 1. The number of ether oxygens (including phenoxy) is 2. The average molecular weight is 425 g/mol. The van der Waals surface area contributed by atoms with Crippen LogP contribution in [0, 0.1) is 0 Å². The van der Waals surface area contributed by atoms with Gasteiger partial charge in [0.25, 0.3) is 5.56 Å². The minimum atomic E-state index is -0.794. The van der Waals surface area contributed by atoms with Gasteiger partial charge in [-0.05, 0) is 33.6 Å². The van der Waals surface area contributed by atoms with Gasteiger partial charge < -0.3 is 20.5 Å². The van der Waals surface area contributed by atoms with Gasteiger partial charge in [-0.25, -0.2) is 9.59 Å². The van der Waals surface area contributed by atoms with Gasteiger partial charge in [0.2, 0.25) is 0 Å². The molecule has 1 fully saturated rings. The van der Waals surface area contributed by atoms with Crippen molar-refractivity contribution in [2.75, 3.05) is 39.1 Å². The minimum Gasteiger partial charge on any atom is -0.444 e. The molecule has 0 aromatic carbocycles. The molecule has 11 nitrogen and oxygen atoms in total. The number of nitrogens with one attached hydrogen (secondary N) is 2. The Balaban J connectivity index is 1.97. The second-order valence-corrected chi connectivity index (χ2v) is 8.28. The van der Waals surface area contributed by atoms with E-state index in [0.29, 0.717) is 25.9 Å². The highest BCUT2D eigenvalue weighted by Gasteiger charge is 2.26. The summed E-state index contributed by atoms with van der Waals surface area (Å²) < 4.78 is 11.3. The Hall–Kier alpha value is -2.66. The van der Waals surface area contributed by atoms with Crippen molar-refractivity contribution in [2.45, 2.75) is 51.8 Å². The van der Waals surface area contributed by atoms with E-state index in [9.17, 15) is 19.2 Å². The van der Waals surface area contributed by atoms with Crippen LogP contribution < -0.4 is 22.3 Å². The third-order valence-electron chi connectivity index (χ3n) is 4.71. The Bertz CT molecular complexity index is 877. The first kappa shape index (κ1) is 23.6. The highest BCUT2D eigenvalue weighted by atomic mass is 16.6. The van der Waals surface area contributed by atoms with Crippen LogP contribution >= 0.6 is 0 Å². The number of anilines is 1. The Morgan fingerprint density at radius 1 is 1.23 bits per heavy atom. The molecule has 11 heteroatoms. The molecule has 0 unspecified atom stereocenters. The second-order valence-electron chi connectivity index (χ2n) is 8.28. The first-order chi connectivity index (χ1) is 14.0. The first-order valence-electron chi connectivity index (χ1n) is 9.88. The lowest BCUT2D eigenvalue weighted by Crippen LogP contribution is -2.47. The number of amides is 1. The fourth-order valence-corrected chi connectivity index (χ4v) is 3.25. The van der Waals surface area contributed by atoms with Gasteiger partial charge in [0.1, 0.15) is 17.0 Å². The number of piperidine rings is 1. The van der Waals surface area contributed by atoms with Crippen molar-refractivity contribution in [1.29, 1.82) is 0 Å². The summed E-state index contributed by atoms with van der Waals surface area (Å²) in [6.45, 7) is 6.85. The molecular weight excluding hydrogens is 394 g/mol. The number of nitrogens with zero attached hydrogens (tertiary/aromatic N) is 2. The van der Waals surface area contributed by atoms with E-state index < -0.39 is 28.7 Å². The molecule has 30 heavy (non-hydrogen) atoms. The smallest absolute Gasteiger partial charge is 0.407 e. The summed E-state index contributed by atoms with van der Waals surface area (Å²) in [6.07, 6.45) is 0.826. The number of nitrogens with two attached hydrogens (primary N) is 1. The monoisotopic (exact) mass is 425 g/mol. The quantitative estimate of drug-likeness (QED) is 0.514. The first-order valence-corrected chi connectivity index (χ1v) is 9.88. The number of hydrogen-bond acceptors (Lipinski definition) is 8. The molecular formula is C19H31N5O6. The van der Waals surface area contributed by atoms with Crippen LogP contribution in [0.2, 0.25) is 0 Å². The van der Waals surface area contributed by atoms with Gasteiger partial charge in [0.15, 0.2) is 5.78 Å². The molecule has 1 saturated heterocycles. The number of ketones is 1. The standard InChI is InChI=1S/C19H31N5O6/c1-19(2,3)30-18(28)21-12-5-7-23(8-6-12)11-13(25)14-15(20)24(9-10-29-4)17(27)22-16(14)26/h12H,5-11,20H2,1-4H3,(H,21,28)(H,22,26,27). The van der Waals surface area contributed by atoms with E-state index in [0.717, 1.165) is 4.57 Å². The number of methoxy groups -OCH3 is 1. The maximum absolute atomic E-state index is 12.7. The molecule has 168 valence electrons. The normalized spacial score (nSPS) is 15.7. The van der Waals surface area contributed by atoms with Crippen LogP contribution in [0.15, 0.2) is 9.59 Å². The number of rotatable bonds is 7. The molecule has 2 heterocycles. The predicted molar refractivity (Wildman–Crippen MR) is 111 cm³/mol. The molecule has 2 rings (SSSR count). The fraction of sp³-hybridized carbons (Fsp3) is 0.684. The molecule has 1 amide bonds. The SMILES string of the molecule is COCCn1c(N)c(C(=O)CN2CCC(NC(=O)OC(C)(C)C)CC2)c(=O)[nH]c1=O. The maximum Gasteiger partial charge on any atom is 0.407 e. The number of nitrogen functional groups attached to an aromatic ring is 1. The van der Waals surface area contributed by atoms with Crippen molar-refractivity contribution in [1.82, 2.24) is 19.8 Å². The number of likely N-dealkylation sites (tertiary alicyclic amines) is 1. The Morgan fingerprint density at radius 3 is 2.43 bits per heavy atom. The van der Waals surface area contributed by atoms with Crippen molar-refractivity contribution in [2.24, 2.45) is 0 Å². The fourth-order valence-electron chi connectivity index (χ4n) is 3.25. The molecule has 1 aliphatic heterocycles. The highest BCUT2D eigenvalue weighted by Crippen LogP contribution is 2.14. The highest BCUT2D eigenvalue weighted by molar-refractivity contribution is 6.01. The molecule has 1 aliphatic rings. The predicted octanol–water partition coefficient (Wildman–Crippen LogP) is -0.0630. The van der Waals surface area contributed by atoms with Crippen LogP contribution in [0.4, 0.5) is 10.6 Å². The van der Waals surface area contributed by atoms with Gasteiger partial charge in [-0.3, -0.25) is 24.0 Å². The molecule has 4 N–H and O–H groups in total. The van der Waals surface area contributed by atoms with Gasteiger partial charge in [-0.1, -0.05) is 0 Å². The summed E-state index contributed by atoms with van der Waals surface area (Å²) in [4.78, 5) is 52.8. The minimum absolute atomic E-state index is 0.00504. The third kappa shape index (κ3) is 6.42. The van der Waals surface area contributed by atoms with Crippen LogP contribution in [0.1, 0.15) is 44.0 Å². The number of Topliss-reactive ketones (excluding diaryl/α,β-unsaturated/α-hetero) is 1. The summed E-state index contributed by atoms with van der Waals surface area (Å²) >= 11 is 0. The number of alkyl carbamates (subject to hydrolysis) is 1. The molecule has 0 bridgehead atoms. The van der Waals surface area contributed by atoms with Gasteiger partial charge in [-0.15, -0.1) is 0 Å². The zero-order valence-corrected chi connectivity index (χ0v) is 17.9. The topological polar surface area (TPSA) is 149 Å². The average Bonchev–Trinajstić information content (AvgIpc) is 2.61. The molecule has 0 radical (unpaired) electrons. The number of carbonyl (C=O) groups is 2. The van der Waals surface area contributed by atoms with E-state index in [2.05, 4.69) is 10.3 Å². The van der Waals surface area contributed by atoms with E-state index in [1.807, 2.05) is 4.90 Å². The van der Waals surface area contributed by atoms with Crippen molar-refractivity contribution >= 4 is 17.7 Å². The van der Waals surface area contributed by atoms with Crippen LogP contribution in [-0.2, 0) is 16.0 Å². The summed E-state index contributed by atoms with van der Waals surface area (Å²) in [5.41, 5.74) is 3.68. The molecule has 0 atom stereocenters. The number of aromatic nitrogens is 2. The Morgan fingerprint density at radius 2 is 1.87 bits per heavy atom. The van der Waals surface area contributed by atoms with Gasteiger partial charge >= 0.3 is 11.8 Å². The third-order valence-corrected chi connectivity index (χ3v) is 4.71. The van der Waals surface area contributed by atoms with Crippen molar-refractivity contribution in [3.63, 3.8) is 0 Å². The number of carbonyl (C=O) groups excluding carboxylic acids is 2. The summed E-state index contributed by atoms with van der Waals surface area (Å²) in [5.74, 6) is -0.620. The molecule has 0 saturated carbocycles. The lowest BCUT2D eigenvalue weighted by molar-refractivity contribution is 0.0476. The lowest BCUT2D eigenvalue weighted by Gasteiger charge is -2.32. The van der Waals surface area contributed by atoms with Gasteiger partial charge in [0, 0.05) is 26.2 Å². The number of hydrogen-bond donors (Lipinski definition) is 3. The van der Waals surface area contributed by atoms with E-state index in [1.54, 1.807) is 20.8 Å². The zero-order valence-electron chi connectivity index (χ0n) is 17.9. The number of H-pyrrole nitrogens is 1.